The number of sulfonamides is 1. The van der Waals surface area contributed by atoms with Crippen molar-refractivity contribution in [2.24, 2.45) is 0 Å². The Morgan fingerprint density at radius 3 is 2.53 bits per heavy atom. The summed E-state index contributed by atoms with van der Waals surface area (Å²) in [6, 6.07) is 0.0617. The lowest BCUT2D eigenvalue weighted by Crippen LogP contribution is -2.29. The summed E-state index contributed by atoms with van der Waals surface area (Å²) < 4.78 is 27.5. The van der Waals surface area contributed by atoms with Crippen LogP contribution in [0.1, 0.15) is 24.2 Å². The molecule has 0 atom stereocenters. The highest BCUT2D eigenvalue weighted by molar-refractivity contribution is 7.89. The molecule has 0 bridgehead atoms. The van der Waals surface area contributed by atoms with Gasteiger partial charge in [-0.1, -0.05) is 0 Å². The maximum Gasteiger partial charge on any atom is 0.325 e. The van der Waals surface area contributed by atoms with Crippen LogP contribution < -0.4 is 0 Å². The number of nitrogens with zero attached hydrogens (tertiary/aromatic N) is 3. The minimum atomic E-state index is -3.59. The van der Waals surface area contributed by atoms with Crippen LogP contribution in [0.2, 0.25) is 0 Å². The second kappa shape index (κ2) is 4.61. The van der Waals surface area contributed by atoms with Crippen LogP contribution in [-0.2, 0) is 21.4 Å². The highest BCUT2D eigenvalue weighted by Gasteiger charge is 2.37. The minimum Gasteiger partial charge on any atom is -0.480 e. The molecule has 2 rings (SSSR count). The Morgan fingerprint density at radius 2 is 2.05 bits per heavy atom. The van der Waals surface area contributed by atoms with Crippen molar-refractivity contribution in [3.05, 3.63) is 11.4 Å². The van der Waals surface area contributed by atoms with E-state index in [1.165, 1.54) is 8.99 Å². The Hall–Kier alpha value is -1.41. The van der Waals surface area contributed by atoms with Gasteiger partial charge in [-0.2, -0.15) is 9.40 Å². The van der Waals surface area contributed by atoms with Crippen molar-refractivity contribution in [1.29, 1.82) is 0 Å². The summed E-state index contributed by atoms with van der Waals surface area (Å²) in [6.07, 6.45) is 1.74. The van der Waals surface area contributed by atoms with Gasteiger partial charge in [0.25, 0.3) is 0 Å². The molecule has 1 saturated carbocycles. The van der Waals surface area contributed by atoms with Crippen LogP contribution in [0.5, 0.6) is 0 Å². The predicted molar refractivity (Wildman–Crippen MR) is 67.3 cm³/mol. The molecule has 0 saturated heterocycles. The minimum absolute atomic E-state index is 0.0617. The average molecular weight is 287 g/mol. The van der Waals surface area contributed by atoms with Gasteiger partial charge in [0.2, 0.25) is 10.0 Å². The lowest BCUT2D eigenvalue weighted by Gasteiger charge is -2.16. The first kappa shape index (κ1) is 14.0. The molecule has 0 spiro atoms. The van der Waals surface area contributed by atoms with E-state index in [1.807, 2.05) is 0 Å². The molecular weight excluding hydrogens is 270 g/mol. The number of hydrogen-bond donors (Lipinski definition) is 1. The fourth-order valence-corrected chi connectivity index (χ4v) is 3.90. The van der Waals surface area contributed by atoms with Crippen molar-refractivity contribution in [2.45, 2.75) is 44.2 Å². The summed E-state index contributed by atoms with van der Waals surface area (Å²) in [5, 5.41) is 12.8. The van der Waals surface area contributed by atoms with Gasteiger partial charge >= 0.3 is 5.97 Å². The summed E-state index contributed by atoms with van der Waals surface area (Å²) in [5.74, 6) is -1.05. The molecule has 8 heteroatoms. The standard InChI is InChI=1S/C11H17N3O4S/c1-7-11(8(2)14(12-7)6-10(15)16)19(17,18)13(3)9-4-5-9/h9H,4-6H2,1-3H3,(H,15,16). The summed E-state index contributed by atoms with van der Waals surface area (Å²) in [6.45, 7) is 2.82. The number of carboxylic acids is 1. The van der Waals surface area contributed by atoms with Crippen LogP contribution in [0.15, 0.2) is 4.90 Å². The van der Waals surface area contributed by atoms with E-state index in [2.05, 4.69) is 5.10 Å². The van der Waals surface area contributed by atoms with Gasteiger partial charge in [-0.05, 0) is 26.7 Å². The molecule has 1 heterocycles. The molecular formula is C11H17N3O4S. The molecule has 1 aliphatic carbocycles. The van der Waals surface area contributed by atoms with E-state index in [1.54, 1.807) is 20.9 Å². The summed E-state index contributed by atoms with van der Waals surface area (Å²) >= 11 is 0. The van der Waals surface area contributed by atoms with Crippen LogP contribution in [0.4, 0.5) is 0 Å². The molecule has 0 unspecified atom stereocenters. The van der Waals surface area contributed by atoms with Crippen molar-refractivity contribution in [1.82, 2.24) is 14.1 Å². The first-order valence-corrected chi connectivity index (χ1v) is 7.43. The number of rotatable bonds is 5. The fourth-order valence-electron chi connectivity index (χ4n) is 2.11. The van der Waals surface area contributed by atoms with Gasteiger partial charge < -0.3 is 5.11 Å². The van der Waals surface area contributed by atoms with Crippen molar-refractivity contribution >= 4 is 16.0 Å². The average Bonchev–Trinajstić information content (AvgIpc) is 3.05. The number of aromatic nitrogens is 2. The van der Waals surface area contributed by atoms with Crippen LogP contribution >= 0.6 is 0 Å². The van der Waals surface area contributed by atoms with Gasteiger partial charge in [0.05, 0.1) is 11.4 Å². The molecule has 1 aromatic rings. The van der Waals surface area contributed by atoms with E-state index in [-0.39, 0.29) is 17.5 Å². The molecule has 0 aromatic carbocycles. The van der Waals surface area contributed by atoms with Crippen molar-refractivity contribution in [3.8, 4) is 0 Å². The molecule has 1 fully saturated rings. The third kappa shape index (κ3) is 2.50. The Labute approximate surface area is 111 Å². The number of aliphatic carboxylic acids is 1. The quantitative estimate of drug-likeness (QED) is 0.844. The number of hydrogen-bond acceptors (Lipinski definition) is 4. The maximum atomic E-state index is 12.5. The van der Waals surface area contributed by atoms with E-state index < -0.39 is 16.0 Å². The fraction of sp³-hybridized carbons (Fsp3) is 0.636. The molecule has 1 N–H and O–H groups in total. The molecule has 0 radical (unpaired) electrons. The molecule has 1 aliphatic rings. The molecule has 0 amide bonds. The monoisotopic (exact) mass is 287 g/mol. The Balaban J connectivity index is 2.44. The lowest BCUT2D eigenvalue weighted by atomic mass is 10.4. The molecule has 1 aromatic heterocycles. The van der Waals surface area contributed by atoms with Crippen LogP contribution in [0, 0.1) is 13.8 Å². The van der Waals surface area contributed by atoms with Gasteiger partial charge in [0.15, 0.2) is 0 Å². The van der Waals surface area contributed by atoms with E-state index in [0.29, 0.717) is 11.4 Å². The highest BCUT2D eigenvalue weighted by Crippen LogP contribution is 2.32. The largest absolute Gasteiger partial charge is 0.480 e. The van der Waals surface area contributed by atoms with E-state index in [9.17, 15) is 13.2 Å². The van der Waals surface area contributed by atoms with E-state index in [4.69, 9.17) is 5.11 Å². The molecule has 0 aliphatic heterocycles. The van der Waals surface area contributed by atoms with Gasteiger partial charge in [-0.25, -0.2) is 8.42 Å². The topological polar surface area (TPSA) is 92.5 Å². The SMILES string of the molecule is Cc1nn(CC(=O)O)c(C)c1S(=O)(=O)N(C)C1CC1. The van der Waals surface area contributed by atoms with Crippen molar-refractivity contribution in [3.63, 3.8) is 0 Å². The van der Waals surface area contributed by atoms with Crippen molar-refractivity contribution in [2.75, 3.05) is 7.05 Å². The maximum absolute atomic E-state index is 12.5. The van der Waals surface area contributed by atoms with Gasteiger partial charge in [-0.3, -0.25) is 9.48 Å². The zero-order valence-corrected chi connectivity index (χ0v) is 11.9. The number of carboxylic acid groups (broad SMARTS) is 1. The van der Waals surface area contributed by atoms with E-state index >= 15 is 0 Å². The van der Waals surface area contributed by atoms with Gasteiger partial charge in [0.1, 0.15) is 11.4 Å². The third-order valence-corrected chi connectivity index (χ3v) is 5.46. The van der Waals surface area contributed by atoms with Gasteiger partial charge in [0, 0.05) is 13.1 Å². The smallest absolute Gasteiger partial charge is 0.325 e. The van der Waals surface area contributed by atoms with Crippen molar-refractivity contribution < 1.29 is 18.3 Å². The zero-order chi connectivity index (χ0) is 14.4. The lowest BCUT2D eigenvalue weighted by molar-refractivity contribution is -0.137. The Bertz CT molecular complexity index is 616. The Kier molecular flexibility index (Phi) is 3.40. The first-order chi connectivity index (χ1) is 8.75. The van der Waals surface area contributed by atoms with Crippen LogP contribution in [0.25, 0.3) is 0 Å². The summed E-state index contributed by atoms with van der Waals surface area (Å²) in [5.41, 5.74) is 0.707. The second-order valence-electron chi connectivity index (χ2n) is 4.80. The molecule has 106 valence electrons. The first-order valence-electron chi connectivity index (χ1n) is 5.99. The number of carbonyl (C=O) groups is 1. The third-order valence-electron chi connectivity index (χ3n) is 3.30. The summed E-state index contributed by atoms with van der Waals surface area (Å²) in [7, 11) is -2.04. The predicted octanol–water partition coefficient (Wildman–Crippen LogP) is 0.367. The Morgan fingerprint density at radius 1 is 1.47 bits per heavy atom. The number of aryl methyl sites for hydroxylation is 1. The van der Waals surface area contributed by atoms with Crippen LogP contribution in [0.3, 0.4) is 0 Å². The zero-order valence-electron chi connectivity index (χ0n) is 11.1. The highest BCUT2D eigenvalue weighted by atomic mass is 32.2. The van der Waals surface area contributed by atoms with Gasteiger partial charge in [-0.15, -0.1) is 0 Å². The van der Waals surface area contributed by atoms with Crippen LogP contribution in [-0.4, -0.2) is 46.7 Å². The normalized spacial score (nSPS) is 16.0. The molecule has 7 nitrogen and oxygen atoms in total. The molecule has 19 heavy (non-hydrogen) atoms. The second-order valence-corrected chi connectivity index (χ2v) is 6.74. The van der Waals surface area contributed by atoms with E-state index in [0.717, 1.165) is 12.8 Å². The summed E-state index contributed by atoms with van der Waals surface area (Å²) in [4.78, 5) is 10.9.